The Morgan fingerprint density at radius 2 is 2.00 bits per heavy atom. The van der Waals surface area contributed by atoms with Gasteiger partial charge in [-0.1, -0.05) is 0 Å². The van der Waals surface area contributed by atoms with Crippen LogP contribution in [-0.4, -0.2) is 62.1 Å². The summed E-state index contributed by atoms with van der Waals surface area (Å²) in [6.45, 7) is 4.26. The third-order valence-electron chi connectivity index (χ3n) is 4.66. The highest BCUT2D eigenvalue weighted by atomic mass is 32.2. The van der Waals surface area contributed by atoms with Crippen LogP contribution in [0, 0.1) is 0 Å². The summed E-state index contributed by atoms with van der Waals surface area (Å²) in [6.07, 6.45) is 2.57. The second-order valence-electron chi connectivity index (χ2n) is 6.22. The Kier molecular flexibility index (Phi) is 5.10. The number of carbonyl (C=O) groups excluding carboxylic acids is 1. The van der Waals surface area contributed by atoms with Gasteiger partial charge >= 0.3 is 0 Å². The Labute approximate surface area is 143 Å². The van der Waals surface area contributed by atoms with E-state index < -0.39 is 10.0 Å². The molecule has 132 valence electrons. The van der Waals surface area contributed by atoms with Gasteiger partial charge in [0.1, 0.15) is 5.75 Å². The SMILES string of the molecule is CCS(=O)(=O)N1CCCN(C(=O)c2ccc3c(c2)CCCO3)CC1. The van der Waals surface area contributed by atoms with E-state index in [-0.39, 0.29) is 11.7 Å². The zero-order valence-electron chi connectivity index (χ0n) is 14.0. The molecule has 1 saturated heterocycles. The maximum atomic E-state index is 12.8. The Morgan fingerprint density at radius 3 is 2.79 bits per heavy atom. The van der Waals surface area contributed by atoms with Crippen molar-refractivity contribution in [3.63, 3.8) is 0 Å². The number of aryl methyl sites for hydroxylation is 1. The molecule has 0 saturated carbocycles. The second kappa shape index (κ2) is 7.11. The van der Waals surface area contributed by atoms with Crippen LogP contribution in [0.15, 0.2) is 18.2 Å². The third-order valence-corrected chi connectivity index (χ3v) is 6.54. The van der Waals surface area contributed by atoms with Crippen LogP contribution in [0.1, 0.15) is 35.7 Å². The normalized spacial score (nSPS) is 19.3. The first-order valence-corrected chi connectivity index (χ1v) is 10.1. The van der Waals surface area contributed by atoms with Crippen molar-refractivity contribution in [2.24, 2.45) is 0 Å². The van der Waals surface area contributed by atoms with Gasteiger partial charge in [0.25, 0.3) is 5.91 Å². The van der Waals surface area contributed by atoms with Gasteiger partial charge in [-0.05, 0) is 49.9 Å². The van der Waals surface area contributed by atoms with Gasteiger partial charge in [0, 0.05) is 31.7 Å². The molecule has 2 aliphatic heterocycles. The van der Waals surface area contributed by atoms with E-state index in [1.165, 1.54) is 4.31 Å². The van der Waals surface area contributed by atoms with Crippen LogP contribution >= 0.6 is 0 Å². The molecule has 6 nitrogen and oxygen atoms in total. The summed E-state index contributed by atoms with van der Waals surface area (Å²) in [5.41, 5.74) is 1.74. The van der Waals surface area contributed by atoms with E-state index >= 15 is 0 Å². The van der Waals surface area contributed by atoms with Crippen LogP contribution in [0.25, 0.3) is 0 Å². The molecule has 0 aromatic heterocycles. The molecule has 0 aliphatic carbocycles. The summed E-state index contributed by atoms with van der Waals surface area (Å²) in [4.78, 5) is 14.5. The van der Waals surface area contributed by atoms with Crippen molar-refractivity contribution in [3.8, 4) is 5.75 Å². The predicted molar refractivity (Wildman–Crippen MR) is 91.8 cm³/mol. The maximum Gasteiger partial charge on any atom is 0.253 e. The van der Waals surface area contributed by atoms with Gasteiger partial charge in [-0.3, -0.25) is 4.79 Å². The first-order chi connectivity index (χ1) is 11.5. The number of fused-ring (bicyclic) bond motifs is 1. The Hall–Kier alpha value is -1.60. The lowest BCUT2D eigenvalue weighted by Crippen LogP contribution is -2.38. The van der Waals surface area contributed by atoms with Crippen LogP contribution < -0.4 is 4.74 Å². The lowest BCUT2D eigenvalue weighted by molar-refractivity contribution is 0.0764. The van der Waals surface area contributed by atoms with Crippen LogP contribution in [0.3, 0.4) is 0 Å². The summed E-state index contributed by atoms with van der Waals surface area (Å²) in [6, 6.07) is 5.59. The van der Waals surface area contributed by atoms with Crippen molar-refractivity contribution < 1.29 is 17.9 Å². The van der Waals surface area contributed by atoms with Gasteiger partial charge in [-0.25, -0.2) is 12.7 Å². The lowest BCUT2D eigenvalue weighted by atomic mass is 10.0. The zero-order valence-corrected chi connectivity index (χ0v) is 14.8. The molecule has 0 bridgehead atoms. The largest absolute Gasteiger partial charge is 0.493 e. The van der Waals surface area contributed by atoms with Crippen LogP contribution in [0.5, 0.6) is 5.75 Å². The maximum absolute atomic E-state index is 12.8. The molecule has 1 aromatic carbocycles. The number of nitrogens with zero attached hydrogens (tertiary/aromatic N) is 2. The average Bonchev–Trinajstić information content (AvgIpc) is 2.87. The van der Waals surface area contributed by atoms with Crippen LogP contribution in [-0.2, 0) is 16.4 Å². The first-order valence-electron chi connectivity index (χ1n) is 8.54. The molecule has 1 fully saturated rings. The summed E-state index contributed by atoms with van der Waals surface area (Å²) in [5, 5.41) is 0. The van der Waals surface area contributed by atoms with Crippen LogP contribution in [0.2, 0.25) is 0 Å². The molecule has 24 heavy (non-hydrogen) atoms. The molecule has 0 unspecified atom stereocenters. The fraction of sp³-hybridized carbons (Fsp3) is 0.588. The zero-order chi connectivity index (χ0) is 17.2. The molecule has 2 heterocycles. The molecule has 0 atom stereocenters. The number of rotatable bonds is 3. The standard InChI is InChI=1S/C17H24N2O4S/c1-2-24(21,22)19-9-4-8-18(10-11-19)17(20)15-6-7-16-14(13-15)5-3-12-23-16/h6-7,13H,2-5,8-12H2,1H3. The smallest absolute Gasteiger partial charge is 0.253 e. The monoisotopic (exact) mass is 352 g/mol. The van der Waals surface area contributed by atoms with Gasteiger partial charge in [0.15, 0.2) is 0 Å². The number of carbonyl (C=O) groups is 1. The molecule has 0 radical (unpaired) electrons. The molecule has 7 heteroatoms. The van der Waals surface area contributed by atoms with Gasteiger partial charge in [-0.2, -0.15) is 0 Å². The Morgan fingerprint density at radius 1 is 1.17 bits per heavy atom. The van der Waals surface area contributed by atoms with Crippen molar-refractivity contribution in [2.75, 3.05) is 38.5 Å². The quantitative estimate of drug-likeness (QED) is 0.827. The van der Waals surface area contributed by atoms with Crippen molar-refractivity contribution in [2.45, 2.75) is 26.2 Å². The first kappa shape index (κ1) is 17.2. The summed E-state index contributed by atoms with van der Waals surface area (Å²) < 4.78 is 31.1. The number of amides is 1. The molecule has 1 amide bonds. The van der Waals surface area contributed by atoms with E-state index in [9.17, 15) is 13.2 Å². The molecular formula is C17H24N2O4S. The number of hydrogen-bond donors (Lipinski definition) is 0. The molecule has 0 N–H and O–H groups in total. The van der Waals surface area contributed by atoms with Gasteiger partial charge < -0.3 is 9.64 Å². The highest BCUT2D eigenvalue weighted by molar-refractivity contribution is 7.89. The average molecular weight is 352 g/mol. The van der Waals surface area contributed by atoms with E-state index in [4.69, 9.17) is 4.74 Å². The third kappa shape index (κ3) is 3.57. The molecular weight excluding hydrogens is 328 g/mol. The minimum absolute atomic E-state index is 0.0286. The van der Waals surface area contributed by atoms with E-state index in [2.05, 4.69) is 0 Å². The fourth-order valence-corrected chi connectivity index (χ4v) is 4.37. The molecule has 3 rings (SSSR count). The number of sulfonamides is 1. The minimum atomic E-state index is -3.19. The van der Waals surface area contributed by atoms with Crippen molar-refractivity contribution in [1.29, 1.82) is 0 Å². The summed E-state index contributed by atoms with van der Waals surface area (Å²) in [7, 11) is -3.19. The molecule has 0 spiro atoms. The van der Waals surface area contributed by atoms with E-state index in [0.717, 1.165) is 30.8 Å². The lowest BCUT2D eigenvalue weighted by Gasteiger charge is -2.23. The Bertz CT molecular complexity index is 717. The fourth-order valence-electron chi connectivity index (χ4n) is 3.23. The molecule has 1 aromatic rings. The summed E-state index contributed by atoms with van der Waals surface area (Å²) in [5.74, 6) is 0.944. The van der Waals surface area contributed by atoms with E-state index in [0.29, 0.717) is 38.2 Å². The Balaban J connectivity index is 1.71. The number of ether oxygens (including phenoxy) is 1. The van der Waals surface area contributed by atoms with Crippen molar-refractivity contribution >= 4 is 15.9 Å². The van der Waals surface area contributed by atoms with Gasteiger partial charge in [-0.15, -0.1) is 0 Å². The van der Waals surface area contributed by atoms with E-state index in [1.54, 1.807) is 17.9 Å². The predicted octanol–water partition coefficient (Wildman–Crippen LogP) is 1.51. The molecule has 2 aliphatic rings. The van der Waals surface area contributed by atoms with E-state index in [1.807, 2.05) is 12.1 Å². The topological polar surface area (TPSA) is 66.9 Å². The minimum Gasteiger partial charge on any atom is -0.493 e. The van der Waals surface area contributed by atoms with Crippen LogP contribution in [0.4, 0.5) is 0 Å². The second-order valence-corrected chi connectivity index (χ2v) is 8.48. The van der Waals surface area contributed by atoms with Gasteiger partial charge in [0.2, 0.25) is 10.0 Å². The highest BCUT2D eigenvalue weighted by Gasteiger charge is 2.26. The van der Waals surface area contributed by atoms with Gasteiger partial charge in [0.05, 0.1) is 12.4 Å². The number of hydrogen-bond acceptors (Lipinski definition) is 4. The summed E-state index contributed by atoms with van der Waals surface area (Å²) >= 11 is 0. The van der Waals surface area contributed by atoms with Crippen molar-refractivity contribution in [1.82, 2.24) is 9.21 Å². The number of benzene rings is 1. The highest BCUT2D eigenvalue weighted by Crippen LogP contribution is 2.26. The van der Waals surface area contributed by atoms with Crippen molar-refractivity contribution in [3.05, 3.63) is 29.3 Å².